The number of nitrogens with zero attached hydrogens (tertiary/aromatic N) is 2. The largest absolute Gasteiger partial charge is 1.00 e. The van der Waals surface area contributed by atoms with Crippen LogP contribution in [0.15, 0.2) is 54.7 Å². The zero-order valence-corrected chi connectivity index (χ0v) is 16.2. The normalized spacial score (nSPS) is 12.8. The average Bonchev–Trinajstić information content (AvgIpc) is 3.11. The van der Waals surface area contributed by atoms with Crippen molar-refractivity contribution in [1.82, 2.24) is 4.98 Å². The number of carboxylic acid groups (broad SMARTS) is 1. The number of hydrogen-bond donors (Lipinski definition) is 0. The van der Waals surface area contributed by atoms with Crippen LogP contribution in [-0.2, 0) is 12.6 Å². The molecule has 0 saturated heterocycles. The van der Waals surface area contributed by atoms with Gasteiger partial charge in [-0.05, 0) is 36.2 Å². The number of carboxylic acids is 1. The van der Waals surface area contributed by atoms with Crippen LogP contribution in [0.1, 0.15) is 21.5 Å². The summed E-state index contributed by atoms with van der Waals surface area (Å²) in [5.41, 5.74) is 0.203. The second-order valence-corrected chi connectivity index (χ2v) is 6.62. The van der Waals surface area contributed by atoms with Crippen molar-refractivity contribution in [3.8, 4) is 11.5 Å². The molecule has 1 aliphatic rings. The van der Waals surface area contributed by atoms with E-state index in [1.807, 2.05) is 0 Å². The maximum absolute atomic E-state index is 13.6. The molecule has 0 saturated carbocycles. The molecule has 10 heteroatoms. The van der Waals surface area contributed by atoms with E-state index in [1.165, 1.54) is 24.4 Å². The fraction of sp³-hybridized carbons (Fsp3) is 0.143. The zero-order valence-electron chi connectivity index (χ0n) is 16.2. The molecule has 5 nitrogen and oxygen atoms in total. The van der Waals surface area contributed by atoms with E-state index in [2.05, 4.69) is 4.98 Å². The van der Waals surface area contributed by atoms with Gasteiger partial charge in [0.25, 0.3) is 0 Å². The molecule has 1 aliphatic heterocycles. The molecule has 1 aromatic heterocycles. The fourth-order valence-corrected chi connectivity index (χ4v) is 3.40. The Kier molecular flexibility index (Phi) is 6.29. The second kappa shape index (κ2) is 8.61. The number of fused-ring (bicyclic) bond motifs is 1. The third-order valence-electron chi connectivity index (χ3n) is 4.68. The Hall–Kier alpha value is -3.02. The van der Waals surface area contributed by atoms with Gasteiger partial charge in [-0.3, -0.25) is 0 Å². The Morgan fingerprint density at radius 1 is 1.10 bits per heavy atom. The topological polar surface area (TPSA) is 65.5 Å². The van der Waals surface area contributed by atoms with E-state index in [-0.39, 0.29) is 35.9 Å². The third-order valence-corrected chi connectivity index (χ3v) is 4.68. The van der Waals surface area contributed by atoms with Gasteiger partial charge in [-0.2, -0.15) is 13.2 Å². The number of hydrogen-bond acceptors (Lipinski definition) is 5. The number of rotatable bonds is 4. The van der Waals surface area contributed by atoms with Gasteiger partial charge in [0.2, 0.25) is 0 Å². The number of carbonyl (C=O) groups is 1. The van der Waals surface area contributed by atoms with Crippen LogP contribution < -0.4 is 33.6 Å². The van der Waals surface area contributed by atoms with E-state index < -0.39 is 23.5 Å². The molecule has 2 aromatic carbocycles. The monoisotopic (exact) mass is 424 g/mol. The minimum absolute atomic E-state index is 0. The van der Waals surface area contributed by atoms with Crippen molar-refractivity contribution in [1.29, 1.82) is 0 Å². The summed E-state index contributed by atoms with van der Waals surface area (Å²) < 4.78 is 57.7. The van der Waals surface area contributed by atoms with Gasteiger partial charge in [-0.25, -0.2) is 9.37 Å². The molecule has 2 heterocycles. The Bertz CT molecular complexity index is 1140. The summed E-state index contributed by atoms with van der Waals surface area (Å²) in [6, 6.07) is 9.66. The van der Waals surface area contributed by atoms with Gasteiger partial charge in [-0.1, -0.05) is 12.1 Å². The molecule has 0 bridgehead atoms. The summed E-state index contributed by atoms with van der Waals surface area (Å²) in [5, 5.41) is 11.3. The molecule has 31 heavy (non-hydrogen) atoms. The van der Waals surface area contributed by atoms with Crippen molar-refractivity contribution >= 4 is 17.5 Å². The van der Waals surface area contributed by atoms with E-state index in [4.69, 9.17) is 4.74 Å². The van der Waals surface area contributed by atoms with E-state index in [9.17, 15) is 27.5 Å². The number of ether oxygens (including phenoxy) is 1. The standard InChI is InChI=1S/C21H14F4N2O3.Li/c22-13-8-12(21(23,24)25)9-15(10-13)30-14-4-6-26-19(11-14)27-7-5-16-17(20(28)29)2-1-3-18(16)27;/h1-4,6,8-11H,5,7H2,(H,28,29);/q;+1/p-1. The molecule has 3 aromatic rings. The fourth-order valence-electron chi connectivity index (χ4n) is 3.40. The Labute approximate surface area is 186 Å². The molecular weight excluding hydrogens is 411 g/mol. The molecule has 0 atom stereocenters. The van der Waals surface area contributed by atoms with Gasteiger partial charge in [-0.15, -0.1) is 0 Å². The SMILES string of the molecule is O=C([O-])c1cccc2c1CCN2c1cc(Oc2cc(F)cc(C(F)(F)F)c2)ccn1.[Li+]. The summed E-state index contributed by atoms with van der Waals surface area (Å²) in [7, 11) is 0. The first-order valence-electron chi connectivity index (χ1n) is 8.85. The summed E-state index contributed by atoms with van der Waals surface area (Å²) >= 11 is 0. The number of aromatic carboxylic acids is 1. The van der Waals surface area contributed by atoms with E-state index in [0.29, 0.717) is 42.2 Å². The molecule has 0 radical (unpaired) electrons. The molecule has 0 spiro atoms. The predicted molar refractivity (Wildman–Crippen MR) is 97.2 cm³/mol. The van der Waals surface area contributed by atoms with E-state index in [1.54, 1.807) is 17.0 Å². The first-order chi connectivity index (χ1) is 14.2. The van der Waals surface area contributed by atoms with Crippen molar-refractivity contribution in [2.45, 2.75) is 12.6 Å². The van der Waals surface area contributed by atoms with Crippen molar-refractivity contribution in [3.05, 3.63) is 77.2 Å². The smallest absolute Gasteiger partial charge is 0.545 e. The number of pyridine rings is 1. The quantitative estimate of drug-likeness (QED) is 0.464. The van der Waals surface area contributed by atoms with Gasteiger partial charge >= 0.3 is 25.0 Å². The number of halogens is 4. The van der Waals surface area contributed by atoms with Crippen molar-refractivity contribution < 1.29 is 51.1 Å². The van der Waals surface area contributed by atoms with Gasteiger partial charge in [0.05, 0.1) is 11.5 Å². The van der Waals surface area contributed by atoms with Crippen LogP contribution >= 0.6 is 0 Å². The number of carbonyl (C=O) groups excluding carboxylic acids is 1. The van der Waals surface area contributed by atoms with Gasteiger partial charge in [0.15, 0.2) is 0 Å². The number of benzene rings is 2. The first kappa shape index (κ1) is 22.7. The number of alkyl halides is 3. The van der Waals surface area contributed by atoms with Crippen LogP contribution in [-0.4, -0.2) is 17.5 Å². The first-order valence-corrected chi connectivity index (χ1v) is 8.85. The van der Waals surface area contributed by atoms with Crippen LogP contribution in [0.3, 0.4) is 0 Å². The molecule has 0 fully saturated rings. The van der Waals surface area contributed by atoms with Crippen molar-refractivity contribution in [3.63, 3.8) is 0 Å². The zero-order chi connectivity index (χ0) is 21.5. The molecule has 154 valence electrons. The Morgan fingerprint density at radius 3 is 2.58 bits per heavy atom. The molecule has 0 N–H and O–H groups in total. The number of anilines is 2. The second-order valence-electron chi connectivity index (χ2n) is 6.62. The van der Waals surface area contributed by atoms with Crippen molar-refractivity contribution in [2.24, 2.45) is 0 Å². The van der Waals surface area contributed by atoms with Crippen LogP contribution in [0.5, 0.6) is 11.5 Å². The molecule has 0 unspecified atom stereocenters. The molecule has 4 rings (SSSR count). The predicted octanol–water partition coefficient (Wildman–Crippen LogP) is 1.09. The van der Waals surface area contributed by atoms with Crippen LogP contribution in [0.2, 0.25) is 0 Å². The molecule has 0 amide bonds. The Balaban J connectivity index is 0.00000272. The van der Waals surface area contributed by atoms with E-state index in [0.717, 1.165) is 6.07 Å². The molecular formula is C21H13F4LiN2O3. The number of aromatic nitrogens is 1. The van der Waals surface area contributed by atoms with Crippen LogP contribution in [0.4, 0.5) is 29.1 Å². The Morgan fingerprint density at radius 2 is 1.87 bits per heavy atom. The maximum Gasteiger partial charge on any atom is 1.00 e. The average molecular weight is 424 g/mol. The van der Waals surface area contributed by atoms with Crippen LogP contribution in [0, 0.1) is 5.82 Å². The van der Waals surface area contributed by atoms with Gasteiger partial charge in [0, 0.05) is 36.1 Å². The molecule has 0 aliphatic carbocycles. The van der Waals surface area contributed by atoms with Gasteiger partial charge < -0.3 is 19.5 Å². The van der Waals surface area contributed by atoms with Crippen molar-refractivity contribution in [2.75, 3.05) is 11.4 Å². The minimum atomic E-state index is -4.71. The van der Waals surface area contributed by atoms with Crippen LogP contribution in [0.25, 0.3) is 0 Å². The summed E-state index contributed by atoms with van der Waals surface area (Å²) in [6.45, 7) is 0.453. The van der Waals surface area contributed by atoms with Gasteiger partial charge in [0.1, 0.15) is 23.1 Å². The third kappa shape index (κ3) is 4.68. The maximum atomic E-state index is 13.6. The summed E-state index contributed by atoms with van der Waals surface area (Å²) in [4.78, 5) is 17.3. The minimum Gasteiger partial charge on any atom is -0.545 e. The summed E-state index contributed by atoms with van der Waals surface area (Å²) in [5.74, 6) is -2.08. The van der Waals surface area contributed by atoms with E-state index >= 15 is 0 Å². The summed E-state index contributed by atoms with van der Waals surface area (Å²) in [6.07, 6.45) is -2.85.